The number of nitrogens with one attached hydrogen (secondary N) is 1. The van der Waals surface area contributed by atoms with E-state index in [-0.39, 0.29) is 0 Å². The molecule has 0 spiro atoms. The summed E-state index contributed by atoms with van der Waals surface area (Å²) < 4.78 is 0. The lowest BCUT2D eigenvalue weighted by atomic mass is 10.3. The molecule has 9 heavy (non-hydrogen) atoms. The fraction of sp³-hybridized carbons (Fsp3) is 0.400. The third-order valence-corrected chi connectivity index (χ3v) is 1.67. The maximum Gasteiger partial charge on any atom is 0.135 e. The highest BCUT2D eigenvalue weighted by molar-refractivity contribution is 9.09. The molecule has 3 N–H and O–H groups in total. The van der Waals surface area contributed by atoms with Crippen molar-refractivity contribution in [2.45, 2.75) is 11.2 Å². The SMILES string of the molecule is NNC1=CCC(Br)C=N1. The zero-order valence-electron chi connectivity index (χ0n) is 4.84. The first-order valence-corrected chi connectivity index (χ1v) is 3.59. The van der Waals surface area contributed by atoms with E-state index < -0.39 is 0 Å². The number of hydrogen-bond donors (Lipinski definition) is 2. The Kier molecular flexibility index (Phi) is 2.24. The number of rotatable bonds is 1. The average Bonchev–Trinajstić information content (AvgIpc) is 1.90. The van der Waals surface area contributed by atoms with Crippen LogP contribution in [-0.2, 0) is 0 Å². The third-order valence-electron chi connectivity index (χ3n) is 1.06. The molecule has 0 aromatic rings. The van der Waals surface area contributed by atoms with Crippen molar-refractivity contribution in [3.8, 4) is 0 Å². The summed E-state index contributed by atoms with van der Waals surface area (Å²) in [4.78, 5) is 4.35. The van der Waals surface area contributed by atoms with Crippen LogP contribution in [0.4, 0.5) is 0 Å². The van der Waals surface area contributed by atoms with Crippen LogP contribution in [0.5, 0.6) is 0 Å². The van der Waals surface area contributed by atoms with E-state index in [1.54, 1.807) is 0 Å². The highest BCUT2D eigenvalue weighted by Gasteiger charge is 2.03. The van der Waals surface area contributed by atoms with Gasteiger partial charge in [-0.25, -0.2) is 10.8 Å². The van der Waals surface area contributed by atoms with Crippen LogP contribution in [-0.4, -0.2) is 11.0 Å². The molecule has 3 nitrogen and oxygen atoms in total. The van der Waals surface area contributed by atoms with E-state index in [4.69, 9.17) is 5.84 Å². The van der Waals surface area contributed by atoms with Crippen molar-refractivity contribution < 1.29 is 0 Å². The molecule has 0 saturated carbocycles. The molecule has 50 valence electrons. The molecular formula is C5H8BrN3. The van der Waals surface area contributed by atoms with Gasteiger partial charge >= 0.3 is 0 Å². The lowest BCUT2D eigenvalue weighted by molar-refractivity contribution is 0.844. The quantitative estimate of drug-likeness (QED) is 0.360. The van der Waals surface area contributed by atoms with E-state index >= 15 is 0 Å². The van der Waals surface area contributed by atoms with Gasteiger partial charge in [0.2, 0.25) is 0 Å². The fourth-order valence-electron chi connectivity index (χ4n) is 0.595. The molecule has 0 aliphatic carbocycles. The largest absolute Gasteiger partial charge is 0.309 e. The lowest BCUT2D eigenvalue weighted by Crippen LogP contribution is -2.22. The molecule has 1 aliphatic rings. The summed E-state index contributed by atoms with van der Waals surface area (Å²) in [6, 6.07) is 0. The highest BCUT2D eigenvalue weighted by Crippen LogP contribution is 2.09. The van der Waals surface area contributed by atoms with E-state index in [2.05, 4.69) is 26.3 Å². The smallest absolute Gasteiger partial charge is 0.135 e. The normalized spacial score (nSPS) is 25.6. The second kappa shape index (κ2) is 2.98. The topological polar surface area (TPSA) is 50.4 Å². The second-order valence-corrected chi connectivity index (χ2v) is 2.94. The van der Waals surface area contributed by atoms with Crippen molar-refractivity contribution >= 4 is 22.1 Å². The Morgan fingerprint density at radius 1 is 1.89 bits per heavy atom. The number of hydrazine groups is 1. The maximum atomic E-state index is 5.10. The van der Waals surface area contributed by atoms with Gasteiger partial charge in [0.15, 0.2) is 0 Å². The lowest BCUT2D eigenvalue weighted by Gasteiger charge is -2.07. The van der Waals surface area contributed by atoms with Crippen molar-refractivity contribution in [1.29, 1.82) is 0 Å². The van der Waals surface area contributed by atoms with Gasteiger partial charge in [-0.15, -0.1) is 0 Å². The molecule has 1 heterocycles. The van der Waals surface area contributed by atoms with Gasteiger partial charge in [0, 0.05) is 6.21 Å². The van der Waals surface area contributed by atoms with Crippen LogP contribution in [0.2, 0.25) is 0 Å². The minimum atomic E-state index is 0.370. The van der Waals surface area contributed by atoms with Crippen LogP contribution in [0, 0.1) is 0 Å². The number of alkyl halides is 1. The van der Waals surface area contributed by atoms with Crippen LogP contribution in [0.25, 0.3) is 0 Å². The molecule has 0 amide bonds. The Hall–Kier alpha value is -0.350. The number of halogens is 1. The molecule has 0 aromatic carbocycles. The molecule has 0 bridgehead atoms. The Morgan fingerprint density at radius 3 is 3.11 bits per heavy atom. The molecule has 0 radical (unpaired) electrons. The van der Waals surface area contributed by atoms with Gasteiger partial charge in [-0.05, 0) is 12.5 Å². The monoisotopic (exact) mass is 189 g/mol. The van der Waals surface area contributed by atoms with Crippen molar-refractivity contribution in [2.24, 2.45) is 10.8 Å². The molecule has 0 fully saturated rings. The van der Waals surface area contributed by atoms with Gasteiger partial charge < -0.3 is 5.43 Å². The number of nitrogens with zero attached hydrogens (tertiary/aromatic N) is 1. The van der Waals surface area contributed by atoms with Gasteiger partial charge in [0.1, 0.15) is 5.82 Å². The molecule has 0 saturated heterocycles. The summed E-state index contributed by atoms with van der Waals surface area (Å²) in [6.07, 6.45) is 4.71. The first kappa shape index (κ1) is 6.77. The van der Waals surface area contributed by atoms with Crippen molar-refractivity contribution in [3.63, 3.8) is 0 Å². The molecule has 1 atom stereocenters. The summed E-state index contributed by atoms with van der Waals surface area (Å²) in [5.41, 5.74) is 2.47. The van der Waals surface area contributed by atoms with Gasteiger partial charge in [-0.1, -0.05) is 15.9 Å². The standard InChI is InChI=1S/C5H8BrN3/c6-4-1-2-5(9-7)8-3-4/h2-4,9H,1,7H2. The molecule has 4 heteroatoms. The minimum Gasteiger partial charge on any atom is -0.309 e. The number of allylic oxidation sites excluding steroid dienone is 1. The fourth-order valence-corrected chi connectivity index (χ4v) is 0.900. The van der Waals surface area contributed by atoms with Crippen LogP contribution in [0.1, 0.15) is 6.42 Å². The predicted octanol–water partition coefficient (Wildman–Crippen LogP) is 0.529. The molecule has 1 aliphatic heterocycles. The summed E-state index contributed by atoms with van der Waals surface area (Å²) in [7, 11) is 0. The first-order valence-electron chi connectivity index (χ1n) is 2.68. The Balaban J connectivity index is 2.52. The van der Waals surface area contributed by atoms with Gasteiger partial charge in [-0.3, -0.25) is 0 Å². The highest BCUT2D eigenvalue weighted by atomic mass is 79.9. The van der Waals surface area contributed by atoms with E-state index in [1.807, 2.05) is 12.3 Å². The van der Waals surface area contributed by atoms with Crippen LogP contribution in [0.3, 0.4) is 0 Å². The van der Waals surface area contributed by atoms with E-state index in [0.29, 0.717) is 4.83 Å². The van der Waals surface area contributed by atoms with Crippen LogP contribution in [0.15, 0.2) is 16.9 Å². The summed E-state index contributed by atoms with van der Waals surface area (Å²) >= 11 is 3.38. The Bertz CT molecular complexity index is 152. The van der Waals surface area contributed by atoms with Gasteiger partial charge in [-0.2, -0.15) is 0 Å². The number of nitrogens with two attached hydrogens (primary N) is 1. The third kappa shape index (κ3) is 1.80. The van der Waals surface area contributed by atoms with Crippen LogP contribution >= 0.6 is 15.9 Å². The van der Waals surface area contributed by atoms with Crippen molar-refractivity contribution in [3.05, 3.63) is 11.9 Å². The van der Waals surface area contributed by atoms with Crippen molar-refractivity contribution in [1.82, 2.24) is 5.43 Å². The summed E-state index contributed by atoms with van der Waals surface area (Å²) in [5, 5.41) is 0. The molecule has 1 rings (SSSR count). The summed E-state index contributed by atoms with van der Waals surface area (Å²) in [5.74, 6) is 5.84. The Labute approximate surface area is 62.1 Å². The molecular weight excluding hydrogens is 182 g/mol. The van der Waals surface area contributed by atoms with Gasteiger partial charge in [0.25, 0.3) is 0 Å². The predicted molar refractivity (Wildman–Crippen MR) is 41.2 cm³/mol. The van der Waals surface area contributed by atoms with E-state index in [9.17, 15) is 0 Å². The van der Waals surface area contributed by atoms with Crippen molar-refractivity contribution in [2.75, 3.05) is 0 Å². The van der Waals surface area contributed by atoms with Gasteiger partial charge in [0.05, 0.1) is 4.83 Å². The minimum absolute atomic E-state index is 0.370. The molecule has 0 aromatic heterocycles. The number of hydrogen-bond acceptors (Lipinski definition) is 3. The van der Waals surface area contributed by atoms with Crippen LogP contribution < -0.4 is 11.3 Å². The average molecular weight is 190 g/mol. The zero-order chi connectivity index (χ0) is 6.69. The van der Waals surface area contributed by atoms with E-state index in [1.165, 1.54) is 0 Å². The molecule has 1 unspecified atom stereocenters. The number of aliphatic imine (C=N–C) groups is 1. The summed E-state index contributed by atoms with van der Waals surface area (Å²) in [6.45, 7) is 0. The maximum absolute atomic E-state index is 5.10. The van der Waals surface area contributed by atoms with E-state index in [0.717, 1.165) is 12.2 Å². The second-order valence-electron chi connectivity index (χ2n) is 1.76. The first-order chi connectivity index (χ1) is 4.33. The zero-order valence-corrected chi connectivity index (χ0v) is 6.43. The Morgan fingerprint density at radius 2 is 2.67 bits per heavy atom.